The first-order chi connectivity index (χ1) is 15.4. The van der Waals surface area contributed by atoms with E-state index in [1.165, 1.54) is 51.2 Å². The summed E-state index contributed by atoms with van der Waals surface area (Å²) in [5, 5.41) is 0.210. The summed E-state index contributed by atoms with van der Waals surface area (Å²) in [5.74, 6) is 3.33. The lowest BCUT2D eigenvalue weighted by Gasteiger charge is -2.57. The third-order valence-electron chi connectivity index (χ3n) is 11.5. The van der Waals surface area contributed by atoms with Crippen LogP contribution in [0.15, 0.2) is 0 Å². The molecule has 0 amide bonds. The van der Waals surface area contributed by atoms with Gasteiger partial charge in [0.05, 0.1) is 12.9 Å². The average Bonchev–Trinajstić information content (AvgIpc) is 3.00. The number of hydrogen-bond acceptors (Lipinski definition) is 4. The van der Waals surface area contributed by atoms with Gasteiger partial charge in [0.15, 0.2) is 8.32 Å². The van der Waals surface area contributed by atoms with E-state index in [1.807, 2.05) is 0 Å². The second-order valence-corrected chi connectivity index (χ2v) is 21.0. The molecule has 0 aliphatic heterocycles. The van der Waals surface area contributed by atoms with Crippen molar-refractivity contribution < 1.29 is 17.0 Å². The molecule has 0 bridgehead atoms. The number of rotatable bonds is 7. The Morgan fingerprint density at radius 3 is 2.09 bits per heavy atom. The zero-order chi connectivity index (χ0) is 25.7. The average molecular weight is 515 g/mol. The summed E-state index contributed by atoms with van der Waals surface area (Å²) in [6, 6.07) is 0. The van der Waals surface area contributed by atoms with E-state index in [0.717, 1.165) is 12.5 Å². The number of fused-ring (bicyclic) bond motifs is 1. The van der Waals surface area contributed by atoms with Crippen molar-refractivity contribution in [3.05, 3.63) is 0 Å². The first-order valence-electron chi connectivity index (χ1n) is 13.9. The van der Waals surface area contributed by atoms with Crippen LogP contribution in [0, 0.1) is 46.3 Å². The lowest BCUT2D eigenvalue weighted by molar-refractivity contribution is -0.0995. The van der Waals surface area contributed by atoms with Gasteiger partial charge in [-0.1, -0.05) is 54.9 Å². The Morgan fingerprint density at radius 2 is 1.50 bits per heavy atom. The highest BCUT2D eigenvalue weighted by molar-refractivity contribution is 7.85. The molecule has 0 aromatic heterocycles. The van der Waals surface area contributed by atoms with Crippen LogP contribution in [0.2, 0.25) is 18.1 Å². The van der Waals surface area contributed by atoms with E-state index in [4.69, 9.17) is 8.61 Å². The van der Waals surface area contributed by atoms with E-state index in [0.29, 0.717) is 41.6 Å². The fraction of sp³-hybridized carbons (Fsp3) is 1.00. The Balaban J connectivity index is 1.91. The van der Waals surface area contributed by atoms with E-state index in [-0.39, 0.29) is 10.5 Å². The lowest BCUT2D eigenvalue weighted by atomic mass is 9.48. The van der Waals surface area contributed by atoms with Gasteiger partial charge in [0.2, 0.25) is 0 Å². The van der Waals surface area contributed by atoms with Gasteiger partial charge < -0.3 is 4.43 Å². The fourth-order valence-corrected chi connectivity index (χ4v) is 9.17. The normalized spacial score (nSPS) is 41.9. The molecule has 0 radical (unpaired) electrons. The molecular weight excluding hydrogens is 460 g/mol. The first-order valence-corrected chi connectivity index (χ1v) is 18.6. The lowest BCUT2D eigenvalue weighted by Crippen LogP contribution is -2.53. The number of hydrogen-bond donors (Lipinski definition) is 0. The molecule has 3 aliphatic rings. The molecule has 200 valence electrons. The van der Waals surface area contributed by atoms with Crippen LogP contribution in [0.25, 0.3) is 0 Å². The Hall–Kier alpha value is 0.0869. The zero-order valence-electron chi connectivity index (χ0n) is 23.9. The summed E-state index contributed by atoms with van der Waals surface area (Å²) < 4.78 is 36.5. The summed E-state index contributed by atoms with van der Waals surface area (Å²) in [6.07, 6.45) is 9.84. The molecule has 3 fully saturated rings. The molecule has 0 heterocycles. The molecule has 0 saturated heterocycles. The van der Waals surface area contributed by atoms with Crippen LogP contribution in [0.3, 0.4) is 0 Å². The van der Waals surface area contributed by atoms with Crippen LogP contribution in [0.4, 0.5) is 0 Å². The van der Waals surface area contributed by atoms with Crippen LogP contribution in [-0.4, -0.2) is 36.2 Å². The maximum Gasteiger partial charge on any atom is 0.264 e. The van der Waals surface area contributed by atoms with Gasteiger partial charge in [0.25, 0.3) is 10.1 Å². The summed E-state index contributed by atoms with van der Waals surface area (Å²) in [5.41, 5.74) is 0.487. The highest BCUT2D eigenvalue weighted by atomic mass is 32.2. The van der Waals surface area contributed by atoms with E-state index >= 15 is 0 Å². The molecule has 0 unspecified atom stereocenters. The van der Waals surface area contributed by atoms with Crippen molar-refractivity contribution in [2.45, 2.75) is 112 Å². The highest BCUT2D eigenvalue weighted by Gasteiger charge is 2.58. The summed E-state index contributed by atoms with van der Waals surface area (Å²) in [7, 11) is -5.27. The van der Waals surface area contributed by atoms with Crippen LogP contribution in [-0.2, 0) is 18.7 Å². The monoisotopic (exact) mass is 514 g/mol. The van der Waals surface area contributed by atoms with Gasteiger partial charge in [0.1, 0.15) is 0 Å². The maximum absolute atomic E-state index is 12.0. The predicted molar refractivity (Wildman–Crippen MR) is 145 cm³/mol. The third kappa shape index (κ3) is 5.65. The quantitative estimate of drug-likeness (QED) is 0.261. The molecule has 3 rings (SSSR count). The van der Waals surface area contributed by atoms with Crippen molar-refractivity contribution in [1.82, 2.24) is 0 Å². The predicted octanol–water partition coefficient (Wildman–Crippen LogP) is 7.51. The molecule has 8 atom stereocenters. The molecule has 3 saturated carbocycles. The minimum Gasteiger partial charge on any atom is -0.417 e. The third-order valence-corrected chi connectivity index (χ3v) is 16.5. The van der Waals surface area contributed by atoms with Crippen LogP contribution >= 0.6 is 0 Å². The molecule has 0 aromatic rings. The van der Waals surface area contributed by atoms with Gasteiger partial charge in [-0.15, -0.1) is 0 Å². The Bertz CT molecular complexity index is 819. The SMILES string of the molecule is C[C@H]1CC[C@](C)([C@H]2CC[C@]3(C)[C@@H](C)CC[C@H]3[C@@H]2COS(C)(=O)=O)[C@@H](CO[Si](C)(C)C(C)(C)C)C1. The minimum atomic E-state index is -3.45. The molecule has 3 aliphatic carbocycles. The van der Waals surface area contributed by atoms with Crippen molar-refractivity contribution in [3.8, 4) is 0 Å². The largest absolute Gasteiger partial charge is 0.417 e. The van der Waals surface area contributed by atoms with Crippen LogP contribution in [0.5, 0.6) is 0 Å². The Labute approximate surface area is 212 Å². The molecule has 6 heteroatoms. The van der Waals surface area contributed by atoms with Gasteiger partial charge in [-0.05, 0) is 103 Å². The van der Waals surface area contributed by atoms with Crippen molar-refractivity contribution in [2.75, 3.05) is 19.5 Å². The molecule has 0 N–H and O–H groups in total. The maximum atomic E-state index is 12.0. The first kappa shape index (κ1) is 28.7. The molecule has 34 heavy (non-hydrogen) atoms. The van der Waals surface area contributed by atoms with Gasteiger partial charge in [-0.2, -0.15) is 8.42 Å². The van der Waals surface area contributed by atoms with Crippen molar-refractivity contribution in [1.29, 1.82) is 0 Å². The van der Waals surface area contributed by atoms with Gasteiger partial charge >= 0.3 is 0 Å². The van der Waals surface area contributed by atoms with Crippen LogP contribution < -0.4 is 0 Å². The Kier molecular flexibility index (Phi) is 8.22. The smallest absolute Gasteiger partial charge is 0.264 e. The summed E-state index contributed by atoms with van der Waals surface area (Å²) >= 11 is 0. The van der Waals surface area contributed by atoms with Crippen molar-refractivity contribution in [2.24, 2.45) is 46.3 Å². The second-order valence-electron chi connectivity index (χ2n) is 14.5. The van der Waals surface area contributed by atoms with Gasteiger partial charge in [-0.25, -0.2) is 0 Å². The van der Waals surface area contributed by atoms with E-state index in [2.05, 4.69) is 61.6 Å². The van der Waals surface area contributed by atoms with E-state index in [1.54, 1.807) is 0 Å². The van der Waals surface area contributed by atoms with Gasteiger partial charge in [-0.3, -0.25) is 4.18 Å². The summed E-state index contributed by atoms with van der Waals surface area (Å²) in [4.78, 5) is 0. The van der Waals surface area contributed by atoms with E-state index < -0.39 is 18.4 Å². The fourth-order valence-electron chi connectivity index (χ4n) is 7.71. The molecule has 4 nitrogen and oxygen atoms in total. The van der Waals surface area contributed by atoms with Crippen molar-refractivity contribution >= 4 is 18.4 Å². The molecule has 0 aromatic carbocycles. The Morgan fingerprint density at radius 1 is 0.912 bits per heavy atom. The standard InChI is InChI=1S/C28H54O4SSi/c1-20-13-15-28(7,22(17-20)18-32-34(9,10)26(3,4)5)25-14-16-27(6)21(2)11-12-24(27)23(25)19-31-33(8,29)30/h20-25H,11-19H2,1-10H3/t20-,21-,22+,23-,24-,25-,27+,28-/m0/s1. The van der Waals surface area contributed by atoms with Crippen molar-refractivity contribution in [3.63, 3.8) is 0 Å². The van der Waals surface area contributed by atoms with E-state index in [9.17, 15) is 8.42 Å². The molecule has 0 spiro atoms. The highest BCUT2D eigenvalue weighted by Crippen LogP contribution is 2.64. The zero-order valence-corrected chi connectivity index (χ0v) is 25.7. The summed E-state index contributed by atoms with van der Waals surface area (Å²) in [6.45, 7) is 22.7. The topological polar surface area (TPSA) is 52.6 Å². The minimum absolute atomic E-state index is 0.174. The van der Waals surface area contributed by atoms with Gasteiger partial charge in [0, 0.05) is 6.61 Å². The molecular formula is C28H54O4SSi. The second kappa shape index (κ2) is 9.76. The van der Waals surface area contributed by atoms with Crippen LogP contribution in [0.1, 0.15) is 93.4 Å².